The van der Waals surface area contributed by atoms with Gasteiger partial charge in [-0.05, 0) is 24.8 Å². The Bertz CT molecular complexity index is 490. The largest absolute Gasteiger partial charge is 0.480 e. The maximum Gasteiger partial charge on any atom is 0.327 e. The maximum atomic E-state index is 11.8. The summed E-state index contributed by atoms with van der Waals surface area (Å²) in [6.45, 7) is 1.25. The molecule has 1 aromatic rings. The van der Waals surface area contributed by atoms with E-state index in [2.05, 4.69) is 5.32 Å². The van der Waals surface area contributed by atoms with Crippen LogP contribution in [0.5, 0.6) is 0 Å². The summed E-state index contributed by atoms with van der Waals surface area (Å²) in [5.41, 5.74) is 1.24. The lowest BCUT2D eigenvalue weighted by Crippen LogP contribution is -2.43. The summed E-state index contributed by atoms with van der Waals surface area (Å²) in [7, 11) is -1.24. The van der Waals surface area contributed by atoms with Gasteiger partial charge in [-0.15, -0.1) is 0 Å². The molecule has 1 amide bonds. The first-order valence-electron chi connectivity index (χ1n) is 6.88. The molecule has 0 aliphatic rings. The molecule has 0 aromatic heterocycles. The van der Waals surface area contributed by atoms with Crippen LogP contribution in [0.3, 0.4) is 0 Å². The Hall–Kier alpha value is -1.69. The minimum Gasteiger partial charge on any atom is -0.480 e. The van der Waals surface area contributed by atoms with Gasteiger partial charge in [-0.2, -0.15) is 0 Å². The third-order valence-corrected chi connectivity index (χ3v) is 4.41. The zero-order valence-corrected chi connectivity index (χ0v) is 12.9. The van der Waals surface area contributed by atoms with Crippen molar-refractivity contribution < 1.29 is 18.9 Å². The van der Waals surface area contributed by atoms with Crippen LogP contribution in [0.15, 0.2) is 30.3 Å². The van der Waals surface area contributed by atoms with E-state index in [1.807, 2.05) is 30.3 Å². The molecule has 21 heavy (non-hydrogen) atoms. The molecule has 0 fully saturated rings. The topological polar surface area (TPSA) is 83.5 Å². The van der Waals surface area contributed by atoms with Crippen molar-refractivity contribution in [2.24, 2.45) is 0 Å². The Kier molecular flexibility index (Phi) is 7.68. The first-order valence-corrected chi connectivity index (χ1v) is 8.36. The molecule has 0 aliphatic heterocycles. The molecule has 2 N–H and O–H groups in total. The van der Waals surface area contributed by atoms with Crippen molar-refractivity contribution in [3.8, 4) is 0 Å². The van der Waals surface area contributed by atoms with Gasteiger partial charge in [0.05, 0.1) is 5.75 Å². The fourth-order valence-corrected chi connectivity index (χ4v) is 3.22. The van der Waals surface area contributed by atoms with Crippen molar-refractivity contribution >= 4 is 22.7 Å². The summed E-state index contributed by atoms with van der Waals surface area (Å²) >= 11 is 0. The lowest BCUT2D eigenvalue weighted by Gasteiger charge is -2.12. The van der Waals surface area contributed by atoms with E-state index in [9.17, 15) is 13.8 Å². The third-order valence-electron chi connectivity index (χ3n) is 2.96. The van der Waals surface area contributed by atoms with Crippen LogP contribution in [-0.4, -0.2) is 38.7 Å². The number of aliphatic carboxylic acids is 1. The Morgan fingerprint density at radius 2 is 1.90 bits per heavy atom. The van der Waals surface area contributed by atoms with Gasteiger partial charge in [0.1, 0.15) is 6.04 Å². The molecule has 0 radical (unpaired) electrons. The number of carboxylic acid groups (broad SMARTS) is 1. The van der Waals surface area contributed by atoms with Crippen LogP contribution in [0.4, 0.5) is 0 Å². The molecular formula is C15H21NO4S. The van der Waals surface area contributed by atoms with Crippen LogP contribution in [0.25, 0.3) is 0 Å². The van der Waals surface area contributed by atoms with E-state index in [0.29, 0.717) is 5.75 Å². The molecule has 0 aliphatic carbocycles. The third kappa shape index (κ3) is 7.60. The standard InChI is InChI=1S/C15H21NO4S/c1-12(17)16-14(15(18)19)11-21(20)10-6-5-9-13-7-3-2-4-8-13/h2-4,7-8,14H,5-6,9-11H2,1H3,(H,16,17)(H,18,19)/t14-,21?/m0/s1. The first-order chi connectivity index (χ1) is 9.99. The van der Waals surface area contributed by atoms with Gasteiger partial charge in [-0.1, -0.05) is 30.3 Å². The lowest BCUT2D eigenvalue weighted by molar-refractivity contribution is -0.140. The molecule has 0 saturated carbocycles. The molecule has 5 nitrogen and oxygen atoms in total. The fraction of sp³-hybridized carbons (Fsp3) is 0.467. The van der Waals surface area contributed by atoms with Crippen molar-refractivity contribution in [1.82, 2.24) is 5.32 Å². The van der Waals surface area contributed by atoms with Gasteiger partial charge in [0.2, 0.25) is 5.91 Å². The normalized spacial score (nSPS) is 13.4. The molecule has 0 heterocycles. The number of hydrogen-bond acceptors (Lipinski definition) is 3. The summed E-state index contributed by atoms with van der Waals surface area (Å²) in [5, 5.41) is 11.2. The van der Waals surface area contributed by atoms with Crippen LogP contribution in [0.2, 0.25) is 0 Å². The predicted octanol–water partition coefficient (Wildman–Crippen LogP) is 1.35. The van der Waals surface area contributed by atoms with Crippen LogP contribution in [-0.2, 0) is 26.8 Å². The second-order valence-electron chi connectivity index (χ2n) is 4.84. The molecule has 2 atom stereocenters. The van der Waals surface area contributed by atoms with Crippen LogP contribution in [0, 0.1) is 0 Å². The molecule has 1 rings (SSSR count). The first kappa shape index (κ1) is 17.4. The van der Waals surface area contributed by atoms with Crippen LogP contribution < -0.4 is 5.32 Å². The average molecular weight is 311 g/mol. The van der Waals surface area contributed by atoms with Gasteiger partial charge in [0.25, 0.3) is 0 Å². The second-order valence-corrected chi connectivity index (χ2v) is 6.47. The van der Waals surface area contributed by atoms with E-state index in [0.717, 1.165) is 19.3 Å². The number of hydrogen-bond donors (Lipinski definition) is 2. The molecule has 116 valence electrons. The quantitative estimate of drug-likeness (QED) is 0.674. The van der Waals surface area contributed by atoms with Crippen LogP contribution in [0.1, 0.15) is 25.3 Å². The molecular weight excluding hydrogens is 290 g/mol. The number of aryl methyl sites for hydroxylation is 1. The number of carbonyl (C=O) groups excluding carboxylic acids is 1. The van der Waals surface area contributed by atoms with E-state index in [1.54, 1.807) is 0 Å². The molecule has 0 bridgehead atoms. The van der Waals surface area contributed by atoms with Gasteiger partial charge in [0, 0.05) is 23.5 Å². The van der Waals surface area contributed by atoms with E-state index >= 15 is 0 Å². The number of carbonyl (C=O) groups is 2. The highest BCUT2D eigenvalue weighted by Gasteiger charge is 2.20. The summed E-state index contributed by atoms with van der Waals surface area (Å²) in [5.74, 6) is -1.16. The van der Waals surface area contributed by atoms with Crippen LogP contribution >= 0.6 is 0 Å². The number of rotatable bonds is 9. The van der Waals surface area contributed by atoms with Crippen molar-refractivity contribution in [2.75, 3.05) is 11.5 Å². The van der Waals surface area contributed by atoms with Gasteiger partial charge in [-0.25, -0.2) is 4.79 Å². The number of benzene rings is 1. The SMILES string of the molecule is CC(=O)N[C@@H](CS(=O)CCCCc1ccccc1)C(=O)O. The second kappa shape index (κ2) is 9.28. The molecule has 6 heteroatoms. The number of unbranched alkanes of at least 4 members (excludes halogenated alkanes) is 1. The van der Waals surface area contributed by atoms with E-state index < -0.39 is 28.7 Å². The number of amides is 1. The average Bonchev–Trinajstić information content (AvgIpc) is 2.43. The minimum absolute atomic E-state index is 0.0414. The zero-order valence-electron chi connectivity index (χ0n) is 12.1. The van der Waals surface area contributed by atoms with Crippen molar-refractivity contribution in [3.05, 3.63) is 35.9 Å². The Morgan fingerprint density at radius 1 is 1.24 bits per heavy atom. The summed E-state index contributed by atoms with van der Waals surface area (Å²) < 4.78 is 11.8. The highest BCUT2D eigenvalue weighted by molar-refractivity contribution is 7.85. The monoisotopic (exact) mass is 311 g/mol. The smallest absolute Gasteiger partial charge is 0.327 e. The van der Waals surface area contributed by atoms with E-state index in [1.165, 1.54) is 12.5 Å². The van der Waals surface area contributed by atoms with Gasteiger partial charge in [-0.3, -0.25) is 9.00 Å². The lowest BCUT2D eigenvalue weighted by atomic mass is 10.1. The molecule has 1 aromatic carbocycles. The summed E-state index contributed by atoms with van der Waals surface area (Å²) in [4.78, 5) is 21.8. The highest BCUT2D eigenvalue weighted by Crippen LogP contribution is 2.05. The Labute approximate surface area is 127 Å². The molecule has 0 spiro atoms. The highest BCUT2D eigenvalue weighted by atomic mass is 32.2. The predicted molar refractivity (Wildman–Crippen MR) is 82.5 cm³/mol. The Balaban J connectivity index is 2.26. The molecule has 1 unspecified atom stereocenters. The van der Waals surface area contributed by atoms with E-state index in [4.69, 9.17) is 5.11 Å². The van der Waals surface area contributed by atoms with Crippen molar-refractivity contribution in [2.45, 2.75) is 32.2 Å². The maximum absolute atomic E-state index is 11.8. The fourth-order valence-electron chi connectivity index (χ4n) is 1.93. The summed E-state index contributed by atoms with van der Waals surface area (Å²) in [6, 6.07) is 8.96. The number of nitrogens with one attached hydrogen (secondary N) is 1. The zero-order chi connectivity index (χ0) is 15.7. The van der Waals surface area contributed by atoms with E-state index in [-0.39, 0.29) is 5.75 Å². The molecule has 0 saturated heterocycles. The van der Waals surface area contributed by atoms with Crippen molar-refractivity contribution in [1.29, 1.82) is 0 Å². The minimum atomic E-state index is -1.24. The Morgan fingerprint density at radius 3 is 2.48 bits per heavy atom. The van der Waals surface area contributed by atoms with Crippen molar-refractivity contribution in [3.63, 3.8) is 0 Å². The van der Waals surface area contributed by atoms with Gasteiger partial charge in [0.15, 0.2) is 0 Å². The number of carboxylic acids is 1. The van der Waals surface area contributed by atoms with Gasteiger partial charge >= 0.3 is 5.97 Å². The van der Waals surface area contributed by atoms with Gasteiger partial charge < -0.3 is 10.4 Å². The summed E-state index contributed by atoms with van der Waals surface area (Å²) in [6.07, 6.45) is 2.60.